The van der Waals surface area contributed by atoms with Crippen molar-refractivity contribution in [2.75, 3.05) is 6.61 Å². The van der Waals surface area contributed by atoms with E-state index < -0.39 is 31.4 Å². The maximum Gasteiger partial charge on any atom is 0.328 e. The maximum absolute atomic E-state index is 14.0. The Morgan fingerprint density at radius 2 is 1.76 bits per heavy atom. The normalized spacial score (nSPS) is 32.7. The van der Waals surface area contributed by atoms with Gasteiger partial charge in [0.1, 0.15) is 6.29 Å². The molecule has 0 radical (unpaired) electrons. The van der Waals surface area contributed by atoms with Gasteiger partial charge in [-0.05, 0) is 39.8 Å². The van der Waals surface area contributed by atoms with Crippen LogP contribution in [0.15, 0.2) is 64.3 Å². The van der Waals surface area contributed by atoms with Crippen LogP contribution in [-0.4, -0.2) is 30.8 Å². The summed E-state index contributed by atoms with van der Waals surface area (Å²) in [6.07, 6.45) is 2.40. The summed E-state index contributed by atoms with van der Waals surface area (Å²) in [6.45, 7) is 4.56. The first-order chi connectivity index (χ1) is 16.3. The van der Waals surface area contributed by atoms with E-state index >= 15 is 0 Å². The highest BCUT2D eigenvalue weighted by Crippen LogP contribution is 2.55. The number of benzene rings is 2. The molecule has 6 rings (SSSR count). The number of nitrogens with zero attached hydrogens (tertiary/aromatic N) is 1. The van der Waals surface area contributed by atoms with Gasteiger partial charge in [-0.2, -0.15) is 4.39 Å². The molecule has 3 heterocycles. The molecule has 0 bridgehead atoms. The molecule has 0 amide bonds. The van der Waals surface area contributed by atoms with Gasteiger partial charge in [0.05, 0.1) is 6.20 Å². The zero-order valence-corrected chi connectivity index (χ0v) is 20.0. The molecule has 3 aliphatic rings. The van der Waals surface area contributed by atoms with Crippen LogP contribution in [0.3, 0.4) is 0 Å². The summed E-state index contributed by atoms with van der Waals surface area (Å²) in [4.78, 5) is 38.0. The number of H-pyrrole nitrogens is 1. The Labute approximate surface area is 196 Å². The summed E-state index contributed by atoms with van der Waals surface area (Å²) in [5, 5.41) is 2.47. The van der Waals surface area contributed by atoms with Crippen LogP contribution in [0.4, 0.5) is 4.39 Å². The van der Waals surface area contributed by atoms with Crippen molar-refractivity contribution in [3.63, 3.8) is 0 Å². The van der Waals surface area contributed by atoms with E-state index in [4.69, 9.17) is 4.43 Å². The number of carbonyl (C=O) groups excluding carboxylic acids is 1. The van der Waals surface area contributed by atoms with Crippen LogP contribution in [0.5, 0.6) is 0 Å². The van der Waals surface area contributed by atoms with E-state index in [2.05, 4.69) is 55.5 Å². The molecule has 2 aliphatic heterocycles. The van der Waals surface area contributed by atoms with Gasteiger partial charge in [-0.25, -0.2) is 4.79 Å². The van der Waals surface area contributed by atoms with E-state index in [1.54, 1.807) is 0 Å². The Morgan fingerprint density at radius 3 is 2.38 bits per heavy atom. The van der Waals surface area contributed by atoms with Crippen LogP contribution >= 0.6 is 0 Å². The lowest BCUT2D eigenvalue weighted by Crippen LogP contribution is -2.90. The van der Waals surface area contributed by atoms with Crippen molar-refractivity contribution in [3.8, 4) is 0 Å². The van der Waals surface area contributed by atoms with Crippen LogP contribution in [-0.2, 0) is 14.3 Å². The summed E-state index contributed by atoms with van der Waals surface area (Å²) in [5.41, 5.74) is 0.951. The van der Waals surface area contributed by atoms with Crippen molar-refractivity contribution in [1.82, 2.24) is 9.55 Å². The Balaban J connectivity index is 1.33. The number of rotatable bonds is 5. The first kappa shape index (κ1) is 21.4. The van der Waals surface area contributed by atoms with Gasteiger partial charge in [-0.3, -0.25) is 14.3 Å². The molecular weight excluding hydrogens is 451 g/mol. The molecule has 4 atom stereocenters. The van der Waals surface area contributed by atoms with Gasteiger partial charge in [0.15, 0.2) is 0 Å². The maximum atomic E-state index is 14.0. The standard InChI is InChI=1S/C26H25FN2O4Si/c1-15-17(13-30)16(11-21(15)29-12-20(27)24(31)28-25(29)32)14-33-34-22-9-5-3-7-18(22)26(34,2)19-8-4-6-10-23(19)34/h3-10,12-13,15-17,21H,11,14H2,1-2H3,(H,28,31,32)/t15?,16-,17?,21-,26?,34?/m1/s1. The van der Waals surface area contributed by atoms with Crippen LogP contribution in [0, 0.1) is 23.6 Å². The molecular formula is C26H25FN2O4Si. The largest absolute Gasteiger partial charge is 0.406 e. The van der Waals surface area contributed by atoms with Gasteiger partial charge in [0, 0.05) is 23.6 Å². The third kappa shape index (κ3) is 2.45. The van der Waals surface area contributed by atoms with Crippen LogP contribution < -0.4 is 21.6 Å². The van der Waals surface area contributed by atoms with Crippen molar-refractivity contribution in [2.45, 2.75) is 31.3 Å². The zero-order chi connectivity index (χ0) is 23.8. The molecule has 1 fully saturated rings. The third-order valence-electron chi connectivity index (χ3n) is 8.65. The van der Waals surface area contributed by atoms with E-state index in [9.17, 15) is 18.8 Å². The number of halogens is 1. The fourth-order valence-electron chi connectivity index (χ4n) is 6.92. The van der Waals surface area contributed by atoms with Crippen LogP contribution in [0.1, 0.15) is 37.4 Å². The number of aromatic nitrogens is 2. The van der Waals surface area contributed by atoms with Crippen LogP contribution in [0.25, 0.3) is 0 Å². The lowest BCUT2D eigenvalue weighted by molar-refractivity contribution is -0.113. The predicted molar refractivity (Wildman–Crippen MR) is 127 cm³/mol. The highest BCUT2D eigenvalue weighted by atomic mass is 28.4. The topological polar surface area (TPSA) is 81.2 Å². The van der Waals surface area contributed by atoms with Gasteiger partial charge in [0.2, 0.25) is 5.82 Å². The first-order valence-electron chi connectivity index (χ1n) is 11.6. The van der Waals surface area contributed by atoms with E-state index in [0.717, 1.165) is 12.5 Å². The lowest BCUT2D eigenvalue weighted by atomic mass is 9.88. The molecule has 1 aromatic heterocycles. The monoisotopic (exact) mass is 476 g/mol. The molecule has 1 aliphatic carbocycles. The number of hydrogen-bond donors (Lipinski definition) is 1. The van der Waals surface area contributed by atoms with Crippen LogP contribution in [0.2, 0.25) is 0 Å². The fourth-order valence-corrected chi connectivity index (χ4v) is 12.3. The molecule has 174 valence electrons. The average molecular weight is 477 g/mol. The number of carbonyl (C=O) groups is 1. The minimum atomic E-state index is -2.44. The minimum absolute atomic E-state index is 0.106. The van der Waals surface area contributed by atoms with Crippen molar-refractivity contribution < 1.29 is 13.6 Å². The van der Waals surface area contributed by atoms with Gasteiger partial charge in [-0.1, -0.05) is 62.4 Å². The van der Waals surface area contributed by atoms with Crippen molar-refractivity contribution in [3.05, 3.63) is 92.5 Å². The van der Waals surface area contributed by atoms with Crippen molar-refractivity contribution >= 4 is 25.0 Å². The van der Waals surface area contributed by atoms with Gasteiger partial charge in [0.25, 0.3) is 13.9 Å². The Bertz CT molecular complexity index is 1400. The molecule has 2 unspecified atom stereocenters. The highest BCUT2D eigenvalue weighted by molar-refractivity contribution is 7.07. The van der Waals surface area contributed by atoms with E-state index in [1.165, 1.54) is 26.1 Å². The summed E-state index contributed by atoms with van der Waals surface area (Å²) in [6, 6.07) is 16.5. The van der Waals surface area contributed by atoms with E-state index in [1.807, 2.05) is 11.9 Å². The second-order valence-electron chi connectivity index (χ2n) is 9.99. The van der Waals surface area contributed by atoms with Gasteiger partial charge < -0.3 is 9.22 Å². The molecule has 0 spiro atoms. The second-order valence-corrected chi connectivity index (χ2v) is 13.7. The SMILES string of the molecule is CC1C(C=O)[C@@H](CO[Si]23c4ccccc4C2(C)c2ccccc23)C[C@H]1n1cc(F)c(=O)[nH]c1=O. The molecule has 2 aromatic carbocycles. The minimum Gasteiger partial charge on any atom is -0.406 e. The van der Waals surface area contributed by atoms with Crippen molar-refractivity contribution in [1.29, 1.82) is 0 Å². The summed E-state index contributed by atoms with van der Waals surface area (Å²) in [5.74, 6) is -1.63. The molecule has 1 N–H and O–H groups in total. The molecule has 34 heavy (non-hydrogen) atoms. The van der Waals surface area contributed by atoms with E-state index in [-0.39, 0.29) is 22.8 Å². The third-order valence-corrected chi connectivity index (χ3v) is 13.6. The Hall–Kier alpha value is -3.10. The predicted octanol–water partition coefficient (Wildman–Crippen LogP) is 1.64. The lowest BCUT2D eigenvalue weighted by Gasteiger charge is -2.65. The number of aldehydes is 1. The molecule has 6 nitrogen and oxygen atoms in total. The highest BCUT2D eigenvalue weighted by Gasteiger charge is 2.74. The number of nitrogens with one attached hydrogen (secondary N) is 1. The molecule has 0 saturated heterocycles. The quantitative estimate of drug-likeness (QED) is 0.449. The number of fused-ring (bicyclic) bond motifs is 7. The Morgan fingerprint density at radius 1 is 1.15 bits per heavy atom. The van der Waals surface area contributed by atoms with E-state index in [0.29, 0.717) is 13.0 Å². The molecule has 8 heteroatoms. The smallest absolute Gasteiger partial charge is 0.328 e. The second kappa shape index (κ2) is 7.20. The molecule has 1 saturated carbocycles. The molecule has 3 aromatic rings. The first-order valence-corrected chi connectivity index (χ1v) is 13.6. The summed E-state index contributed by atoms with van der Waals surface area (Å²) >= 11 is 0. The zero-order valence-electron chi connectivity index (χ0n) is 19.0. The number of aromatic amines is 1. The van der Waals surface area contributed by atoms with Gasteiger partial charge >= 0.3 is 5.69 Å². The fraction of sp³-hybridized carbons (Fsp3) is 0.346. The summed E-state index contributed by atoms with van der Waals surface area (Å²) < 4.78 is 22.1. The Kier molecular flexibility index (Phi) is 4.54. The summed E-state index contributed by atoms with van der Waals surface area (Å²) in [7, 11) is -2.44. The number of hydrogen-bond acceptors (Lipinski definition) is 4. The van der Waals surface area contributed by atoms with Gasteiger partial charge in [-0.15, -0.1) is 0 Å². The average Bonchev–Trinajstić information content (AvgIpc) is 3.16. The van der Waals surface area contributed by atoms with Crippen molar-refractivity contribution in [2.24, 2.45) is 17.8 Å².